The molecule has 0 spiro atoms. The molecule has 1 aromatic heterocycles. The zero-order chi connectivity index (χ0) is 17.8. The summed E-state index contributed by atoms with van der Waals surface area (Å²) in [5, 5.41) is 6.31. The SMILES string of the molecule is COC(=O)CNc1nc(-c2ccc(C(N)=O)cc2)nc2c1CCNC2. The minimum atomic E-state index is -0.484. The van der Waals surface area contributed by atoms with Gasteiger partial charge in [-0.2, -0.15) is 0 Å². The molecule has 3 rings (SSSR count). The van der Waals surface area contributed by atoms with E-state index in [-0.39, 0.29) is 12.5 Å². The Morgan fingerprint density at radius 2 is 2.04 bits per heavy atom. The van der Waals surface area contributed by atoms with Gasteiger partial charge in [-0.3, -0.25) is 9.59 Å². The number of primary amides is 1. The Balaban J connectivity index is 1.96. The number of ether oxygens (including phenoxy) is 1. The Kier molecular flexibility index (Phi) is 4.90. The van der Waals surface area contributed by atoms with Crippen LogP contribution in [0, 0.1) is 0 Å². The number of esters is 1. The second-order valence-electron chi connectivity index (χ2n) is 5.62. The molecule has 2 heterocycles. The van der Waals surface area contributed by atoms with Gasteiger partial charge in [0.05, 0.1) is 12.8 Å². The molecule has 1 amide bonds. The molecular weight excluding hydrogens is 322 g/mol. The summed E-state index contributed by atoms with van der Waals surface area (Å²) in [5.74, 6) is 0.299. The molecule has 2 aromatic rings. The molecule has 0 saturated heterocycles. The van der Waals surface area contributed by atoms with Crippen LogP contribution in [0.4, 0.5) is 5.82 Å². The van der Waals surface area contributed by atoms with Crippen LogP contribution in [0.5, 0.6) is 0 Å². The number of hydrogen-bond donors (Lipinski definition) is 3. The van der Waals surface area contributed by atoms with Crippen LogP contribution < -0.4 is 16.4 Å². The normalized spacial score (nSPS) is 13.0. The van der Waals surface area contributed by atoms with E-state index in [1.165, 1.54) is 7.11 Å². The number of nitrogens with two attached hydrogens (primary N) is 1. The Bertz CT molecular complexity index is 805. The number of anilines is 1. The fourth-order valence-electron chi connectivity index (χ4n) is 2.65. The van der Waals surface area contributed by atoms with E-state index < -0.39 is 5.91 Å². The Hall–Kier alpha value is -3.00. The van der Waals surface area contributed by atoms with E-state index in [2.05, 4.69) is 25.3 Å². The first-order valence-corrected chi connectivity index (χ1v) is 7.90. The van der Waals surface area contributed by atoms with E-state index >= 15 is 0 Å². The van der Waals surface area contributed by atoms with Crippen LogP contribution in [0.25, 0.3) is 11.4 Å². The van der Waals surface area contributed by atoms with Crippen LogP contribution in [0.15, 0.2) is 24.3 Å². The summed E-state index contributed by atoms with van der Waals surface area (Å²) >= 11 is 0. The van der Waals surface area contributed by atoms with Gasteiger partial charge >= 0.3 is 5.97 Å². The van der Waals surface area contributed by atoms with Gasteiger partial charge in [0.1, 0.15) is 12.4 Å². The van der Waals surface area contributed by atoms with Crippen LogP contribution in [0.3, 0.4) is 0 Å². The van der Waals surface area contributed by atoms with E-state index in [0.29, 0.717) is 23.8 Å². The standard InChI is InChI=1S/C17H19N5O3/c1-25-14(23)9-20-17-12-6-7-19-8-13(12)21-16(22-17)11-4-2-10(3-5-11)15(18)24/h2-5,19H,6-9H2,1H3,(H2,18,24)(H,20,21,22). The number of hydrogen-bond acceptors (Lipinski definition) is 7. The molecule has 0 aliphatic carbocycles. The van der Waals surface area contributed by atoms with Crippen molar-refractivity contribution < 1.29 is 14.3 Å². The fraction of sp³-hybridized carbons (Fsp3) is 0.294. The van der Waals surface area contributed by atoms with Gasteiger partial charge in [0.25, 0.3) is 0 Å². The number of benzene rings is 1. The van der Waals surface area contributed by atoms with Crippen molar-refractivity contribution in [1.29, 1.82) is 0 Å². The molecule has 1 aromatic carbocycles. The third-order valence-electron chi connectivity index (χ3n) is 3.99. The van der Waals surface area contributed by atoms with Crippen LogP contribution in [-0.4, -0.2) is 42.0 Å². The highest BCUT2D eigenvalue weighted by atomic mass is 16.5. The van der Waals surface area contributed by atoms with Gasteiger partial charge in [-0.15, -0.1) is 0 Å². The van der Waals surface area contributed by atoms with Crippen LogP contribution in [0.2, 0.25) is 0 Å². The lowest BCUT2D eigenvalue weighted by molar-refractivity contribution is -0.138. The zero-order valence-corrected chi connectivity index (χ0v) is 13.8. The van der Waals surface area contributed by atoms with Gasteiger partial charge in [-0.25, -0.2) is 9.97 Å². The second kappa shape index (κ2) is 7.27. The third kappa shape index (κ3) is 3.74. The van der Waals surface area contributed by atoms with E-state index in [0.717, 1.165) is 29.8 Å². The predicted molar refractivity (Wildman–Crippen MR) is 91.9 cm³/mol. The summed E-state index contributed by atoms with van der Waals surface area (Å²) in [6, 6.07) is 6.78. The largest absolute Gasteiger partial charge is 0.468 e. The van der Waals surface area contributed by atoms with Gasteiger partial charge in [0, 0.05) is 23.2 Å². The summed E-state index contributed by atoms with van der Waals surface area (Å²) < 4.78 is 4.67. The molecule has 1 aliphatic rings. The van der Waals surface area contributed by atoms with Gasteiger partial charge in [0.2, 0.25) is 5.91 Å². The number of rotatable bonds is 5. The first kappa shape index (κ1) is 16.8. The van der Waals surface area contributed by atoms with Crippen molar-refractivity contribution in [2.24, 2.45) is 5.73 Å². The van der Waals surface area contributed by atoms with Crippen molar-refractivity contribution in [1.82, 2.24) is 15.3 Å². The van der Waals surface area contributed by atoms with Gasteiger partial charge in [-0.1, -0.05) is 12.1 Å². The minimum absolute atomic E-state index is 0.0352. The number of fused-ring (bicyclic) bond motifs is 1. The molecule has 0 atom stereocenters. The van der Waals surface area contributed by atoms with Crippen molar-refractivity contribution in [3.8, 4) is 11.4 Å². The maximum absolute atomic E-state index is 11.4. The van der Waals surface area contributed by atoms with Crippen LogP contribution >= 0.6 is 0 Å². The zero-order valence-electron chi connectivity index (χ0n) is 13.8. The van der Waals surface area contributed by atoms with E-state index in [1.807, 2.05) is 0 Å². The van der Waals surface area contributed by atoms with Gasteiger partial charge in [0.15, 0.2) is 5.82 Å². The molecule has 0 saturated carbocycles. The molecule has 0 bridgehead atoms. The Morgan fingerprint density at radius 1 is 1.28 bits per heavy atom. The molecule has 0 fully saturated rings. The number of amides is 1. The lowest BCUT2D eigenvalue weighted by atomic mass is 10.1. The summed E-state index contributed by atoms with van der Waals surface area (Å²) in [7, 11) is 1.34. The quantitative estimate of drug-likeness (QED) is 0.676. The molecule has 8 nitrogen and oxygen atoms in total. The lowest BCUT2D eigenvalue weighted by Crippen LogP contribution is -2.27. The van der Waals surface area contributed by atoms with Gasteiger partial charge < -0.3 is 21.1 Å². The van der Waals surface area contributed by atoms with E-state index in [1.54, 1.807) is 24.3 Å². The number of carbonyl (C=O) groups excluding carboxylic acids is 2. The molecule has 8 heteroatoms. The maximum Gasteiger partial charge on any atom is 0.325 e. The first-order valence-electron chi connectivity index (χ1n) is 7.90. The lowest BCUT2D eigenvalue weighted by Gasteiger charge is -2.20. The smallest absolute Gasteiger partial charge is 0.325 e. The monoisotopic (exact) mass is 341 g/mol. The average molecular weight is 341 g/mol. The van der Waals surface area contributed by atoms with Crippen LogP contribution in [0.1, 0.15) is 21.6 Å². The topological polar surface area (TPSA) is 119 Å². The highest BCUT2D eigenvalue weighted by Gasteiger charge is 2.19. The molecule has 1 aliphatic heterocycles. The summed E-state index contributed by atoms with van der Waals surface area (Å²) in [6.45, 7) is 1.50. The number of carbonyl (C=O) groups is 2. The van der Waals surface area contributed by atoms with Crippen LogP contribution in [-0.2, 0) is 22.5 Å². The summed E-state index contributed by atoms with van der Waals surface area (Å²) in [4.78, 5) is 31.8. The predicted octanol–water partition coefficient (Wildman–Crippen LogP) is 0.473. The summed E-state index contributed by atoms with van der Waals surface area (Å²) in [5.41, 5.74) is 8.34. The average Bonchev–Trinajstić information content (AvgIpc) is 2.65. The van der Waals surface area contributed by atoms with Crippen molar-refractivity contribution in [2.75, 3.05) is 25.5 Å². The third-order valence-corrected chi connectivity index (χ3v) is 3.99. The minimum Gasteiger partial charge on any atom is -0.468 e. The summed E-state index contributed by atoms with van der Waals surface area (Å²) in [6.07, 6.45) is 0.778. The van der Waals surface area contributed by atoms with E-state index in [9.17, 15) is 9.59 Å². The van der Waals surface area contributed by atoms with Crippen molar-refractivity contribution in [2.45, 2.75) is 13.0 Å². The molecule has 0 unspecified atom stereocenters. The van der Waals surface area contributed by atoms with E-state index in [4.69, 9.17) is 5.73 Å². The Labute approximate surface area is 144 Å². The Morgan fingerprint density at radius 3 is 2.72 bits per heavy atom. The molecule has 130 valence electrons. The first-order chi connectivity index (χ1) is 12.1. The molecular formula is C17H19N5O3. The highest BCUT2D eigenvalue weighted by molar-refractivity contribution is 5.93. The number of nitrogens with one attached hydrogen (secondary N) is 2. The molecule has 0 radical (unpaired) electrons. The second-order valence-corrected chi connectivity index (χ2v) is 5.62. The number of nitrogens with zero attached hydrogens (tertiary/aromatic N) is 2. The van der Waals surface area contributed by atoms with Gasteiger partial charge in [-0.05, 0) is 25.1 Å². The maximum atomic E-state index is 11.4. The molecule has 25 heavy (non-hydrogen) atoms. The highest BCUT2D eigenvalue weighted by Crippen LogP contribution is 2.25. The van der Waals surface area contributed by atoms with Crippen molar-refractivity contribution >= 4 is 17.7 Å². The van der Waals surface area contributed by atoms with Crippen molar-refractivity contribution in [3.63, 3.8) is 0 Å². The molecule has 4 N–H and O–H groups in total. The van der Waals surface area contributed by atoms with Crippen molar-refractivity contribution in [3.05, 3.63) is 41.1 Å². The number of methoxy groups -OCH3 is 1. The fourth-order valence-corrected chi connectivity index (χ4v) is 2.65. The number of aromatic nitrogens is 2.